The molecular weight excluding hydrogens is 295 g/mol. The first kappa shape index (κ1) is 14.1. The molecule has 1 aliphatic heterocycles. The largest absolute Gasteiger partial charge is 0.315 e. The van der Waals surface area contributed by atoms with Gasteiger partial charge in [-0.3, -0.25) is 0 Å². The molecular formula is C11H14Cl2N2O2S. The van der Waals surface area contributed by atoms with Crippen LogP contribution < -0.4 is 10.0 Å². The Hall–Kier alpha value is -0.330. The highest BCUT2D eigenvalue weighted by Crippen LogP contribution is 2.25. The molecule has 100 valence electrons. The van der Waals surface area contributed by atoms with Crippen LogP contribution in [0, 0.1) is 0 Å². The summed E-state index contributed by atoms with van der Waals surface area (Å²) in [5.74, 6) is 0. The van der Waals surface area contributed by atoms with E-state index in [1.54, 1.807) is 0 Å². The van der Waals surface area contributed by atoms with E-state index in [2.05, 4.69) is 10.0 Å². The van der Waals surface area contributed by atoms with Crippen LogP contribution in [0.4, 0.5) is 0 Å². The minimum absolute atomic E-state index is 0.0711. The monoisotopic (exact) mass is 308 g/mol. The van der Waals surface area contributed by atoms with Gasteiger partial charge >= 0.3 is 0 Å². The molecule has 0 saturated carbocycles. The molecule has 7 heteroatoms. The summed E-state index contributed by atoms with van der Waals surface area (Å²) >= 11 is 11.6. The Morgan fingerprint density at radius 2 is 2.06 bits per heavy atom. The molecule has 0 amide bonds. The first-order valence-electron chi connectivity index (χ1n) is 5.67. The topological polar surface area (TPSA) is 58.2 Å². The zero-order valence-corrected chi connectivity index (χ0v) is 11.9. The second-order valence-electron chi connectivity index (χ2n) is 4.24. The van der Waals surface area contributed by atoms with Gasteiger partial charge in [-0.15, -0.1) is 0 Å². The van der Waals surface area contributed by atoms with Gasteiger partial charge in [0, 0.05) is 12.6 Å². The molecule has 4 nitrogen and oxygen atoms in total. The number of nitrogens with one attached hydrogen (secondary N) is 2. The van der Waals surface area contributed by atoms with E-state index < -0.39 is 10.0 Å². The maximum absolute atomic E-state index is 12.1. The smallest absolute Gasteiger partial charge is 0.240 e. The fourth-order valence-corrected chi connectivity index (χ4v) is 3.54. The summed E-state index contributed by atoms with van der Waals surface area (Å²) < 4.78 is 26.9. The number of hydrogen-bond acceptors (Lipinski definition) is 3. The molecule has 1 atom stereocenters. The van der Waals surface area contributed by atoms with Crippen molar-refractivity contribution in [3.05, 3.63) is 28.2 Å². The third-order valence-electron chi connectivity index (χ3n) is 2.82. The average Bonchev–Trinajstić information content (AvgIpc) is 2.33. The van der Waals surface area contributed by atoms with E-state index in [0.717, 1.165) is 19.4 Å². The minimum atomic E-state index is -3.53. The molecule has 1 aromatic carbocycles. The van der Waals surface area contributed by atoms with Crippen molar-refractivity contribution in [3.63, 3.8) is 0 Å². The zero-order chi connectivity index (χ0) is 13.2. The number of piperidine rings is 1. The quantitative estimate of drug-likeness (QED) is 0.898. The Morgan fingerprint density at radius 1 is 1.28 bits per heavy atom. The summed E-state index contributed by atoms with van der Waals surface area (Å²) in [7, 11) is -3.53. The third kappa shape index (κ3) is 3.36. The third-order valence-corrected chi connectivity index (χ3v) is 5.08. The second-order valence-corrected chi connectivity index (χ2v) is 6.77. The molecule has 0 radical (unpaired) electrons. The molecule has 0 spiro atoms. The van der Waals surface area contributed by atoms with Gasteiger partial charge in [0.2, 0.25) is 10.0 Å². The minimum Gasteiger partial charge on any atom is -0.315 e. The number of sulfonamides is 1. The Bertz CT molecular complexity index is 528. The van der Waals surface area contributed by atoms with Crippen molar-refractivity contribution < 1.29 is 8.42 Å². The van der Waals surface area contributed by atoms with Crippen LogP contribution in [0.15, 0.2) is 23.1 Å². The first-order chi connectivity index (χ1) is 8.49. The van der Waals surface area contributed by atoms with Crippen molar-refractivity contribution in [3.8, 4) is 0 Å². The van der Waals surface area contributed by atoms with E-state index in [4.69, 9.17) is 23.2 Å². The molecule has 0 aliphatic carbocycles. The fraction of sp³-hybridized carbons (Fsp3) is 0.455. The molecule has 1 aromatic rings. The summed E-state index contributed by atoms with van der Waals surface area (Å²) in [6.45, 7) is 1.59. The second kappa shape index (κ2) is 5.75. The van der Waals surface area contributed by atoms with Crippen LogP contribution in [0.5, 0.6) is 0 Å². The number of halogens is 2. The zero-order valence-electron chi connectivity index (χ0n) is 9.62. The molecule has 1 saturated heterocycles. The van der Waals surface area contributed by atoms with Gasteiger partial charge in [0.25, 0.3) is 0 Å². The number of rotatable bonds is 3. The van der Waals surface area contributed by atoms with Gasteiger partial charge in [0.05, 0.1) is 14.9 Å². The molecule has 0 aromatic heterocycles. The summed E-state index contributed by atoms with van der Waals surface area (Å²) in [5.41, 5.74) is 0. The lowest BCUT2D eigenvalue weighted by Crippen LogP contribution is -2.45. The summed E-state index contributed by atoms with van der Waals surface area (Å²) in [4.78, 5) is 0.141. The van der Waals surface area contributed by atoms with E-state index in [0.29, 0.717) is 11.6 Å². The highest BCUT2D eigenvalue weighted by molar-refractivity contribution is 7.89. The molecule has 18 heavy (non-hydrogen) atoms. The molecule has 1 heterocycles. The van der Waals surface area contributed by atoms with Gasteiger partial charge in [-0.25, -0.2) is 13.1 Å². The average molecular weight is 309 g/mol. The van der Waals surface area contributed by atoms with Crippen molar-refractivity contribution in [1.29, 1.82) is 0 Å². The molecule has 0 bridgehead atoms. The Kier molecular flexibility index (Phi) is 4.50. The predicted molar refractivity (Wildman–Crippen MR) is 72.7 cm³/mol. The standard InChI is InChI=1S/C11H14Cl2N2O2S/c12-10-4-3-9(6-11(10)13)18(16,17)15-8-2-1-5-14-7-8/h3-4,6,8,14-15H,1-2,5,7H2/t8-/m1/s1. The molecule has 1 fully saturated rings. The maximum atomic E-state index is 12.1. The highest BCUT2D eigenvalue weighted by atomic mass is 35.5. The van der Waals surface area contributed by atoms with E-state index >= 15 is 0 Å². The molecule has 2 rings (SSSR count). The fourth-order valence-electron chi connectivity index (χ4n) is 1.88. The van der Waals surface area contributed by atoms with Crippen molar-refractivity contribution in [2.45, 2.75) is 23.8 Å². The summed E-state index contributed by atoms with van der Waals surface area (Å²) in [6.07, 6.45) is 1.81. The van der Waals surface area contributed by atoms with Crippen LogP contribution in [0.3, 0.4) is 0 Å². The van der Waals surface area contributed by atoms with Gasteiger partial charge in [-0.05, 0) is 37.6 Å². The van der Waals surface area contributed by atoms with Gasteiger partial charge in [0.1, 0.15) is 0 Å². The van der Waals surface area contributed by atoms with Crippen LogP contribution in [-0.2, 0) is 10.0 Å². The van der Waals surface area contributed by atoms with E-state index in [-0.39, 0.29) is 16.0 Å². The van der Waals surface area contributed by atoms with E-state index in [1.165, 1.54) is 18.2 Å². The van der Waals surface area contributed by atoms with Crippen LogP contribution >= 0.6 is 23.2 Å². The number of benzene rings is 1. The molecule has 0 unspecified atom stereocenters. The normalized spacial score (nSPS) is 20.9. The number of hydrogen-bond donors (Lipinski definition) is 2. The summed E-state index contributed by atoms with van der Waals surface area (Å²) in [5, 5.41) is 3.74. The van der Waals surface area contributed by atoms with Crippen LogP contribution in [-0.4, -0.2) is 27.5 Å². The highest BCUT2D eigenvalue weighted by Gasteiger charge is 2.22. The maximum Gasteiger partial charge on any atom is 0.240 e. The Morgan fingerprint density at radius 3 is 2.67 bits per heavy atom. The SMILES string of the molecule is O=S(=O)(N[C@@H]1CCCNC1)c1ccc(Cl)c(Cl)c1. The van der Waals surface area contributed by atoms with Gasteiger partial charge < -0.3 is 5.32 Å². The van der Waals surface area contributed by atoms with Crippen molar-refractivity contribution >= 4 is 33.2 Å². The van der Waals surface area contributed by atoms with Crippen molar-refractivity contribution in [2.24, 2.45) is 0 Å². The van der Waals surface area contributed by atoms with Crippen molar-refractivity contribution in [1.82, 2.24) is 10.0 Å². The van der Waals surface area contributed by atoms with E-state index in [1.807, 2.05) is 0 Å². The summed E-state index contributed by atoms with van der Waals surface area (Å²) in [6, 6.07) is 4.23. The van der Waals surface area contributed by atoms with Crippen LogP contribution in [0.2, 0.25) is 10.0 Å². The van der Waals surface area contributed by atoms with Crippen LogP contribution in [0.1, 0.15) is 12.8 Å². The molecule has 2 N–H and O–H groups in total. The first-order valence-corrected chi connectivity index (χ1v) is 7.91. The lowest BCUT2D eigenvalue weighted by molar-refractivity contribution is 0.428. The Balaban J connectivity index is 2.16. The van der Waals surface area contributed by atoms with Crippen molar-refractivity contribution in [2.75, 3.05) is 13.1 Å². The van der Waals surface area contributed by atoms with E-state index in [9.17, 15) is 8.42 Å². The van der Waals surface area contributed by atoms with Gasteiger partial charge in [-0.2, -0.15) is 0 Å². The van der Waals surface area contributed by atoms with Crippen LogP contribution in [0.25, 0.3) is 0 Å². The Labute approximate surface area is 117 Å². The van der Waals surface area contributed by atoms with Gasteiger partial charge in [0.15, 0.2) is 0 Å². The lowest BCUT2D eigenvalue weighted by atomic mass is 10.1. The lowest BCUT2D eigenvalue weighted by Gasteiger charge is -2.23. The molecule has 1 aliphatic rings. The predicted octanol–water partition coefficient (Wildman–Crippen LogP) is 2.02. The van der Waals surface area contributed by atoms with Gasteiger partial charge in [-0.1, -0.05) is 23.2 Å².